The van der Waals surface area contributed by atoms with Crippen LogP contribution in [-0.2, 0) is 16.1 Å². The van der Waals surface area contributed by atoms with Crippen molar-refractivity contribution in [3.8, 4) is 5.75 Å². The minimum Gasteiger partial charge on any atom is -0.491 e. The van der Waals surface area contributed by atoms with E-state index in [0.29, 0.717) is 22.0 Å². The van der Waals surface area contributed by atoms with Crippen LogP contribution >= 0.6 is 11.6 Å². The number of rotatable bonds is 10. The number of nitrogen functional groups attached to an aromatic ring is 1. The normalized spacial score (nSPS) is 11.3. The average Bonchev–Trinajstić information content (AvgIpc) is 2.89. The van der Waals surface area contributed by atoms with Crippen LogP contribution in [0.15, 0.2) is 63.5 Å². The highest BCUT2D eigenvalue weighted by Gasteiger charge is 2.24. The molecule has 0 aliphatic heterocycles. The van der Waals surface area contributed by atoms with Crippen LogP contribution in [0.5, 0.6) is 5.75 Å². The first-order valence-corrected chi connectivity index (χ1v) is 11.9. The Hall–Kier alpha value is -4.45. The molecule has 13 heteroatoms. The fourth-order valence-electron chi connectivity index (χ4n) is 3.44. The fraction of sp³-hybridized carbons (Fsp3) is 0.280. The van der Waals surface area contributed by atoms with Gasteiger partial charge in [-0.15, -0.1) is 4.91 Å². The van der Waals surface area contributed by atoms with Crippen LogP contribution in [0.2, 0.25) is 5.02 Å². The fourth-order valence-corrected chi connectivity index (χ4v) is 3.57. The first-order chi connectivity index (χ1) is 18.1. The van der Waals surface area contributed by atoms with Crippen LogP contribution in [0.3, 0.4) is 0 Å². The number of esters is 1. The van der Waals surface area contributed by atoms with Crippen molar-refractivity contribution in [3.63, 3.8) is 0 Å². The number of hydrogen-bond acceptors (Lipinski definition) is 9. The third-order valence-electron chi connectivity index (χ3n) is 5.22. The van der Waals surface area contributed by atoms with E-state index in [1.54, 1.807) is 48.5 Å². The zero-order valence-corrected chi connectivity index (χ0v) is 21.8. The minimum atomic E-state index is -0.931. The van der Waals surface area contributed by atoms with Crippen molar-refractivity contribution in [2.75, 3.05) is 19.5 Å². The second-order valence-electron chi connectivity index (χ2n) is 8.33. The first-order valence-electron chi connectivity index (χ1n) is 11.5. The number of hydrogen-bond donors (Lipinski definition) is 2. The van der Waals surface area contributed by atoms with Gasteiger partial charge in [-0.25, -0.2) is 9.67 Å². The van der Waals surface area contributed by atoms with Gasteiger partial charge < -0.3 is 20.6 Å². The van der Waals surface area contributed by atoms with E-state index in [9.17, 15) is 19.3 Å². The summed E-state index contributed by atoms with van der Waals surface area (Å²) in [4.78, 5) is 54.1. The molecule has 3 aromatic rings. The summed E-state index contributed by atoms with van der Waals surface area (Å²) in [5, 5.41) is 5.75. The minimum absolute atomic E-state index is 0.0268. The standard InChI is InChI=1S/C25H27ClN6O6/c1-15(2)38-19-10-8-18(9-11-19)29-25-31(14-16-4-6-17(26)7-5-16)24(35)21(22(30-36)32(25)27)23(34)28-13-12-20(33)37-3/h4-11,15H,12-14,27H2,1-3H3,(H,28,34). The molecule has 1 aromatic heterocycles. The number of aromatic nitrogens is 2. The molecule has 38 heavy (non-hydrogen) atoms. The number of halogens is 1. The molecule has 1 heterocycles. The van der Waals surface area contributed by atoms with Crippen LogP contribution in [-0.4, -0.2) is 40.9 Å². The highest BCUT2D eigenvalue weighted by atomic mass is 35.5. The van der Waals surface area contributed by atoms with E-state index in [-0.39, 0.29) is 31.2 Å². The van der Waals surface area contributed by atoms with E-state index < -0.39 is 28.8 Å². The summed E-state index contributed by atoms with van der Waals surface area (Å²) in [5.41, 5.74) is -0.538. The second-order valence-corrected chi connectivity index (χ2v) is 8.77. The van der Waals surface area contributed by atoms with Gasteiger partial charge in [0.2, 0.25) is 11.4 Å². The molecular weight excluding hydrogens is 516 g/mol. The van der Waals surface area contributed by atoms with E-state index in [1.165, 1.54) is 7.11 Å². The molecule has 12 nitrogen and oxygen atoms in total. The van der Waals surface area contributed by atoms with Gasteiger partial charge in [-0.1, -0.05) is 23.7 Å². The number of ether oxygens (including phenoxy) is 2. The predicted octanol–water partition coefficient (Wildman–Crippen LogP) is 2.78. The molecule has 0 radical (unpaired) electrons. The van der Waals surface area contributed by atoms with Crippen molar-refractivity contribution in [2.24, 2.45) is 10.2 Å². The molecule has 200 valence electrons. The van der Waals surface area contributed by atoms with Crippen LogP contribution < -0.4 is 27.1 Å². The van der Waals surface area contributed by atoms with Crippen molar-refractivity contribution >= 4 is 35.0 Å². The zero-order chi connectivity index (χ0) is 27.8. The number of nitroso groups, excluding NO2 is 1. The molecule has 0 saturated heterocycles. The lowest BCUT2D eigenvalue weighted by Gasteiger charge is -2.15. The Balaban J connectivity index is 2.17. The smallest absolute Gasteiger partial charge is 0.307 e. The van der Waals surface area contributed by atoms with Gasteiger partial charge >= 0.3 is 5.97 Å². The molecule has 0 aliphatic carbocycles. The zero-order valence-electron chi connectivity index (χ0n) is 21.0. The number of nitrogens with one attached hydrogen (secondary N) is 1. The van der Waals surface area contributed by atoms with Gasteiger partial charge in [-0.3, -0.25) is 19.0 Å². The average molecular weight is 543 g/mol. The molecule has 0 unspecified atom stereocenters. The van der Waals surface area contributed by atoms with Crippen molar-refractivity contribution in [1.82, 2.24) is 14.6 Å². The summed E-state index contributed by atoms with van der Waals surface area (Å²) in [6, 6.07) is 13.4. The summed E-state index contributed by atoms with van der Waals surface area (Å²) >= 11 is 5.99. The number of nitrogens with zero attached hydrogens (tertiary/aromatic N) is 4. The molecule has 3 N–H and O–H groups in total. The number of benzene rings is 2. The first kappa shape index (κ1) is 28.1. The summed E-state index contributed by atoms with van der Waals surface area (Å²) in [7, 11) is 1.21. The van der Waals surface area contributed by atoms with E-state index in [4.69, 9.17) is 22.2 Å². The maximum atomic E-state index is 13.6. The summed E-state index contributed by atoms with van der Waals surface area (Å²) in [5.74, 6) is 4.69. The Morgan fingerprint density at radius 2 is 1.76 bits per heavy atom. The van der Waals surface area contributed by atoms with Crippen molar-refractivity contribution in [1.29, 1.82) is 0 Å². The van der Waals surface area contributed by atoms with Crippen molar-refractivity contribution in [2.45, 2.75) is 32.9 Å². The molecule has 1 amide bonds. The second kappa shape index (κ2) is 12.7. The Labute approximate surface area is 222 Å². The largest absolute Gasteiger partial charge is 0.491 e. The summed E-state index contributed by atoms with van der Waals surface area (Å²) in [6.07, 6.45) is -0.168. The van der Waals surface area contributed by atoms with Crippen LogP contribution in [0.25, 0.3) is 0 Å². The Morgan fingerprint density at radius 3 is 2.34 bits per heavy atom. The van der Waals surface area contributed by atoms with Gasteiger partial charge in [0, 0.05) is 11.6 Å². The molecule has 0 saturated carbocycles. The quantitative estimate of drug-likeness (QED) is 0.226. The maximum absolute atomic E-state index is 13.6. The lowest BCUT2D eigenvalue weighted by atomic mass is 10.2. The van der Waals surface area contributed by atoms with E-state index in [0.717, 1.165) is 9.24 Å². The van der Waals surface area contributed by atoms with Gasteiger partial charge in [0.1, 0.15) is 5.75 Å². The number of carbonyl (C=O) groups excluding carboxylic acids is 2. The van der Waals surface area contributed by atoms with Crippen molar-refractivity contribution < 1.29 is 19.1 Å². The molecule has 0 fully saturated rings. The highest BCUT2D eigenvalue weighted by Crippen LogP contribution is 2.19. The monoisotopic (exact) mass is 542 g/mol. The molecule has 2 aromatic carbocycles. The van der Waals surface area contributed by atoms with Crippen LogP contribution in [0.1, 0.15) is 36.2 Å². The number of methoxy groups -OCH3 is 1. The number of nitrogens with two attached hydrogens (primary N) is 1. The van der Waals surface area contributed by atoms with Gasteiger partial charge in [0.15, 0.2) is 5.56 Å². The van der Waals surface area contributed by atoms with Gasteiger partial charge in [-0.2, -0.15) is 0 Å². The Morgan fingerprint density at radius 1 is 1.11 bits per heavy atom. The molecule has 0 aliphatic rings. The summed E-state index contributed by atoms with van der Waals surface area (Å²) in [6.45, 7) is 3.60. The van der Waals surface area contributed by atoms with E-state index in [1.807, 2.05) is 13.8 Å². The molecule has 0 spiro atoms. The van der Waals surface area contributed by atoms with Gasteiger partial charge in [0.05, 0.1) is 31.9 Å². The van der Waals surface area contributed by atoms with Crippen LogP contribution in [0, 0.1) is 4.91 Å². The molecule has 0 atom stereocenters. The van der Waals surface area contributed by atoms with Crippen molar-refractivity contribution in [3.05, 3.63) is 85.6 Å². The number of carbonyl (C=O) groups is 2. The maximum Gasteiger partial charge on any atom is 0.307 e. The number of amides is 1. The lowest BCUT2D eigenvalue weighted by molar-refractivity contribution is -0.140. The van der Waals surface area contributed by atoms with Crippen LogP contribution in [0.4, 0.5) is 11.5 Å². The highest BCUT2D eigenvalue weighted by molar-refractivity contribution is 6.30. The topological polar surface area (TPSA) is 159 Å². The Kier molecular flexibility index (Phi) is 9.39. The van der Waals surface area contributed by atoms with Gasteiger partial charge in [-0.05, 0) is 61.0 Å². The van der Waals surface area contributed by atoms with E-state index in [2.05, 4.69) is 20.2 Å². The molecular formula is C25H27ClN6O6. The lowest BCUT2D eigenvalue weighted by Crippen LogP contribution is -2.47. The molecule has 0 bridgehead atoms. The predicted molar refractivity (Wildman–Crippen MR) is 141 cm³/mol. The molecule has 3 rings (SSSR count). The summed E-state index contributed by atoms with van der Waals surface area (Å²) < 4.78 is 12.1. The third kappa shape index (κ3) is 6.85. The SMILES string of the molecule is COC(=O)CCNC(=O)c1c(N=O)n(N)c(=Nc2ccc(OC(C)C)cc2)n(Cc2ccc(Cl)cc2)c1=O. The van der Waals surface area contributed by atoms with E-state index >= 15 is 0 Å². The van der Waals surface area contributed by atoms with Gasteiger partial charge in [0.25, 0.3) is 11.5 Å². The Bertz CT molecular complexity index is 1450. The third-order valence-corrected chi connectivity index (χ3v) is 5.47.